The van der Waals surface area contributed by atoms with Gasteiger partial charge in [-0.2, -0.15) is 0 Å². The van der Waals surface area contributed by atoms with Crippen molar-refractivity contribution in [1.29, 1.82) is 0 Å². The van der Waals surface area contributed by atoms with E-state index in [1.165, 1.54) is 24.8 Å². The van der Waals surface area contributed by atoms with E-state index < -0.39 is 0 Å². The zero-order valence-electron chi connectivity index (χ0n) is 15.1. The van der Waals surface area contributed by atoms with Crippen LogP contribution in [0.15, 0.2) is 35.3 Å². The summed E-state index contributed by atoms with van der Waals surface area (Å²) in [4.78, 5) is 15.8. The van der Waals surface area contributed by atoms with Crippen LogP contribution in [0.25, 0.3) is 0 Å². The number of aliphatic imine (C=N–C) groups is 1. The van der Waals surface area contributed by atoms with E-state index >= 15 is 0 Å². The van der Waals surface area contributed by atoms with Gasteiger partial charge in [0.05, 0.1) is 0 Å². The molecular weight excluding hydrogens is 300 g/mol. The number of amides is 1. The van der Waals surface area contributed by atoms with Crippen LogP contribution in [0.4, 0.5) is 0 Å². The van der Waals surface area contributed by atoms with E-state index in [4.69, 9.17) is 0 Å². The average molecular weight is 330 g/mol. The third kappa shape index (κ3) is 4.73. The molecule has 5 nitrogen and oxygen atoms in total. The molecule has 24 heavy (non-hydrogen) atoms. The molecule has 0 aliphatic heterocycles. The Labute approximate surface area is 145 Å². The smallest absolute Gasteiger partial charge is 0.222 e. The Balaban J connectivity index is 1.78. The quantitative estimate of drug-likeness (QED) is 0.407. The molecule has 1 aliphatic carbocycles. The summed E-state index contributed by atoms with van der Waals surface area (Å²) in [5, 5.41) is 9.61. The lowest BCUT2D eigenvalue weighted by atomic mass is 9.64. The predicted octanol–water partition coefficient (Wildman–Crippen LogP) is 2.05. The predicted molar refractivity (Wildman–Crippen MR) is 99.2 cm³/mol. The van der Waals surface area contributed by atoms with Crippen LogP contribution in [0.1, 0.15) is 38.7 Å². The first-order valence-corrected chi connectivity index (χ1v) is 8.85. The Morgan fingerprint density at radius 3 is 2.33 bits per heavy atom. The maximum Gasteiger partial charge on any atom is 0.222 e. The number of nitrogens with one attached hydrogen (secondary N) is 3. The lowest BCUT2D eigenvalue weighted by Crippen LogP contribution is -2.49. The fourth-order valence-electron chi connectivity index (χ4n) is 3.01. The van der Waals surface area contributed by atoms with Crippen LogP contribution in [0.5, 0.6) is 0 Å². The molecule has 0 aromatic heterocycles. The van der Waals surface area contributed by atoms with Gasteiger partial charge in [-0.3, -0.25) is 9.79 Å². The molecule has 0 saturated heterocycles. The topological polar surface area (TPSA) is 65.5 Å². The van der Waals surface area contributed by atoms with E-state index in [0.717, 1.165) is 12.5 Å². The van der Waals surface area contributed by atoms with Gasteiger partial charge in [0.25, 0.3) is 0 Å². The SMILES string of the molecule is CN=C(NCCNC(=O)C(C)C)NCC1(c2ccccc2)CCC1. The number of carbonyl (C=O) groups is 1. The van der Waals surface area contributed by atoms with E-state index in [9.17, 15) is 4.79 Å². The Hall–Kier alpha value is -2.04. The highest BCUT2D eigenvalue weighted by Gasteiger charge is 2.38. The molecule has 1 amide bonds. The second-order valence-corrected chi connectivity index (χ2v) is 6.80. The minimum absolute atomic E-state index is 0.0202. The van der Waals surface area contributed by atoms with Gasteiger partial charge in [-0.15, -0.1) is 0 Å². The number of benzene rings is 1. The average Bonchev–Trinajstić information content (AvgIpc) is 2.56. The first kappa shape index (κ1) is 18.3. The van der Waals surface area contributed by atoms with Gasteiger partial charge >= 0.3 is 0 Å². The Morgan fingerprint density at radius 1 is 1.12 bits per heavy atom. The highest BCUT2D eigenvalue weighted by molar-refractivity contribution is 5.80. The van der Waals surface area contributed by atoms with Gasteiger partial charge in [0, 0.05) is 38.0 Å². The van der Waals surface area contributed by atoms with Gasteiger partial charge in [-0.25, -0.2) is 0 Å². The third-order valence-electron chi connectivity index (χ3n) is 4.76. The first-order chi connectivity index (χ1) is 11.6. The molecule has 0 spiro atoms. The summed E-state index contributed by atoms with van der Waals surface area (Å²) in [5.41, 5.74) is 1.63. The zero-order chi connectivity index (χ0) is 17.4. The molecule has 1 aromatic carbocycles. The number of hydrogen-bond donors (Lipinski definition) is 3. The molecule has 0 unspecified atom stereocenters. The summed E-state index contributed by atoms with van der Waals surface area (Å²) < 4.78 is 0. The minimum Gasteiger partial charge on any atom is -0.356 e. The zero-order valence-corrected chi connectivity index (χ0v) is 15.1. The van der Waals surface area contributed by atoms with Crippen LogP contribution in [-0.2, 0) is 10.2 Å². The molecule has 1 fully saturated rings. The number of nitrogens with zero attached hydrogens (tertiary/aromatic N) is 1. The van der Waals surface area contributed by atoms with Crippen molar-refractivity contribution in [1.82, 2.24) is 16.0 Å². The van der Waals surface area contributed by atoms with Crippen LogP contribution in [0.2, 0.25) is 0 Å². The Morgan fingerprint density at radius 2 is 1.79 bits per heavy atom. The second kappa shape index (κ2) is 8.71. The fourth-order valence-corrected chi connectivity index (χ4v) is 3.01. The maximum absolute atomic E-state index is 11.5. The molecule has 5 heteroatoms. The van der Waals surface area contributed by atoms with Crippen molar-refractivity contribution in [2.24, 2.45) is 10.9 Å². The summed E-state index contributed by atoms with van der Waals surface area (Å²) in [6.45, 7) is 5.93. The highest BCUT2D eigenvalue weighted by Crippen LogP contribution is 2.43. The summed E-state index contributed by atoms with van der Waals surface area (Å²) in [6.07, 6.45) is 3.71. The van der Waals surface area contributed by atoms with Crippen molar-refractivity contribution < 1.29 is 4.79 Å². The van der Waals surface area contributed by atoms with Gasteiger partial charge in [0.15, 0.2) is 5.96 Å². The van der Waals surface area contributed by atoms with Crippen molar-refractivity contribution in [3.05, 3.63) is 35.9 Å². The lowest BCUT2D eigenvalue weighted by Gasteiger charge is -2.43. The summed E-state index contributed by atoms with van der Waals surface area (Å²) in [5.74, 6) is 0.889. The first-order valence-electron chi connectivity index (χ1n) is 8.85. The molecular formula is C19H30N4O. The van der Waals surface area contributed by atoms with E-state index in [2.05, 4.69) is 51.3 Å². The van der Waals surface area contributed by atoms with E-state index in [1.807, 2.05) is 13.8 Å². The van der Waals surface area contributed by atoms with Crippen LogP contribution >= 0.6 is 0 Å². The molecule has 1 aliphatic rings. The van der Waals surface area contributed by atoms with Gasteiger partial charge in [-0.05, 0) is 18.4 Å². The molecule has 0 radical (unpaired) electrons. The molecule has 132 valence electrons. The normalized spacial score (nSPS) is 16.4. The monoisotopic (exact) mass is 330 g/mol. The van der Waals surface area contributed by atoms with E-state index in [0.29, 0.717) is 13.1 Å². The number of hydrogen-bond acceptors (Lipinski definition) is 2. The van der Waals surface area contributed by atoms with Crippen molar-refractivity contribution in [3.8, 4) is 0 Å². The van der Waals surface area contributed by atoms with E-state index in [-0.39, 0.29) is 17.2 Å². The van der Waals surface area contributed by atoms with Gasteiger partial charge in [-0.1, -0.05) is 50.6 Å². The number of carbonyl (C=O) groups excluding carboxylic acids is 1. The van der Waals surface area contributed by atoms with Crippen molar-refractivity contribution in [3.63, 3.8) is 0 Å². The molecule has 1 aromatic rings. The Bertz CT molecular complexity index is 550. The standard InChI is InChI=1S/C19H30N4O/c1-15(2)17(24)21-12-13-22-18(20-3)23-14-19(10-7-11-19)16-8-5-4-6-9-16/h4-6,8-9,15H,7,10-14H2,1-3H3,(H,21,24)(H2,20,22,23). The summed E-state index contributed by atoms with van der Waals surface area (Å²) in [7, 11) is 1.78. The van der Waals surface area contributed by atoms with Crippen molar-refractivity contribution >= 4 is 11.9 Å². The molecule has 2 rings (SSSR count). The van der Waals surface area contributed by atoms with E-state index in [1.54, 1.807) is 7.05 Å². The van der Waals surface area contributed by atoms with Crippen LogP contribution in [-0.4, -0.2) is 38.5 Å². The van der Waals surface area contributed by atoms with Crippen LogP contribution < -0.4 is 16.0 Å². The molecule has 0 heterocycles. The third-order valence-corrected chi connectivity index (χ3v) is 4.76. The summed E-state index contributed by atoms with van der Waals surface area (Å²) in [6, 6.07) is 10.7. The van der Waals surface area contributed by atoms with Crippen LogP contribution in [0, 0.1) is 5.92 Å². The van der Waals surface area contributed by atoms with Gasteiger partial charge < -0.3 is 16.0 Å². The van der Waals surface area contributed by atoms with Gasteiger partial charge in [0.1, 0.15) is 0 Å². The molecule has 1 saturated carbocycles. The van der Waals surface area contributed by atoms with Gasteiger partial charge in [0.2, 0.25) is 5.91 Å². The fraction of sp³-hybridized carbons (Fsp3) is 0.579. The molecule has 0 atom stereocenters. The second-order valence-electron chi connectivity index (χ2n) is 6.80. The Kier molecular flexibility index (Phi) is 6.64. The van der Waals surface area contributed by atoms with Crippen molar-refractivity contribution in [2.75, 3.05) is 26.7 Å². The number of rotatable bonds is 7. The highest BCUT2D eigenvalue weighted by atomic mass is 16.1. The lowest BCUT2D eigenvalue weighted by molar-refractivity contribution is -0.123. The van der Waals surface area contributed by atoms with Crippen molar-refractivity contribution in [2.45, 2.75) is 38.5 Å². The maximum atomic E-state index is 11.5. The largest absolute Gasteiger partial charge is 0.356 e. The van der Waals surface area contributed by atoms with Crippen LogP contribution in [0.3, 0.4) is 0 Å². The molecule has 0 bridgehead atoms. The number of guanidine groups is 1. The summed E-state index contributed by atoms with van der Waals surface area (Å²) >= 11 is 0. The molecule has 3 N–H and O–H groups in total. The minimum atomic E-state index is 0.0202.